The summed E-state index contributed by atoms with van der Waals surface area (Å²) in [7, 11) is 0. The van der Waals surface area contributed by atoms with Gasteiger partial charge in [-0.15, -0.1) is 0 Å². The van der Waals surface area contributed by atoms with Crippen LogP contribution in [0.2, 0.25) is 0 Å². The Hall–Kier alpha value is -1.10. The standard InChI is InChI=1S/C10H17NO4/c1-2-3-4-10(11,9(14)15)7-5-6(7)8(12)13/h6-7H,2-5,11H2,1H3,(H,12,13)(H,14,15)/t6-,7?,10+/m0/s1. The zero-order chi connectivity index (χ0) is 11.6. The van der Waals surface area contributed by atoms with Gasteiger partial charge in [0.1, 0.15) is 5.54 Å². The van der Waals surface area contributed by atoms with Crippen LogP contribution in [-0.4, -0.2) is 27.7 Å². The molecule has 0 radical (unpaired) electrons. The largest absolute Gasteiger partial charge is 0.481 e. The molecule has 1 fully saturated rings. The van der Waals surface area contributed by atoms with Crippen LogP contribution in [0.15, 0.2) is 0 Å². The molecule has 15 heavy (non-hydrogen) atoms. The molecular weight excluding hydrogens is 198 g/mol. The molecule has 1 saturated carbocycles. The van der Waals surface area contributed by atoms with Crippen molar-refractivity contribution >= 4 is 11.9 Å². The summed E-state index contributed by atoms with van der Waals surface area (Å²) >= 11 is 0. The first kappa shape index (κ1) is 12.0. The van der Waals surface area contributed by atoms with Crippen molar-refractivity contribution in [3.8, 4) is 0 Å². The number of unbranched alkanes of at least 4 members (excludes halogenated alkanes) is 1. The highest BCUT2D eigenvalue weighted by atomic mass is 16.4. The van der Waals surface area contributed by atoms with E-state index >= 15 is 0 Å². The summed E-state index contributed by atoms with van der Waals surface area (Å²) in [6, 6.07) is 0. The first-order chi connectivity index (χ1) is 6.93. The molecule has 0 amide bonds. The SMILES string of the molecule is CCCC[C@](N)(C(=O)O)C1C[C@@H]1C(=O)O. The van der Waals surface area contributed by atoms with Crippen LogP contribution >= 0.6 is 0 Å². The number of hydrogen-bond acceptors (Lipinski definition) is 3. The molecule has 1 aliphatic rings. The summed E-state index contributed by atoms with van der Waals surface area (Å²) in [5.41, 5.74) is 4.45. The first-order valence-corrected chi connectivity index (χ1v) is 5.18. The fourth-order valence-corrected chi connectivity index (χ4v) is 1.96. The Labute approximate surface area is 88.3 Å². The predicted octanol–water partition coefficient (Wildman–Crippen LogP) is 0.679. The number of aliphatic carboxylic acids is 2. The van der Waals surface area contributed by atoms with Crippen molar-refractivity contribution in [3.05, 3.63) is 0 Å². The number of rotatable bonds is 6. The summed E-state index contributed by atoms with van der Waals surface area (Å²) in [6.45, 7) is 1.95. The van der Waals surface area contributed by atoms with Gasteiger partial charge in [-0.2, -0.15) is 0 Å². The van der Waals surface area contributed by atoms with E-state index in [0.29, 0.717) is 19.3 Å². The van der Waals surface area contributed by atoms with Crippen LogP contribution in [0.25, 0.3) is 0 Å². The van der Waals surface area contributed by atoms with Gasteiger partial charge in [-0.1, -0.05) is 19.8 Å². The lowest BCUT2D eigenvalue weighted by molar-refractivity contribution is -0.145. The Bertz CT molecular complexity index is 279. The normalized spacial score (nSPS) is 28.1. The lowest BCUT2D eigenvalue weighted by Crippen LogP contribution is -2.51. The van der Waals surface area contributed by atoms with Gasteiger partial charge in [0.2, 0.25) is 0 Å². The Morgan fingerprint density at radius 3 is 2.40 bits per heavy atom. The zero-order valence-electron chi connectivity index (χ0n) is 8.77. The highest BCUT2D eigenvalue weighted by Gasteiger charge is 2.57. The third-order valence-corrected chi connectivity index (χ3v) is 3.11. The minimum absolute atomic E-state index is 0.354. The van der Waals surface area contributed by atoms with E-state index in [2.05, 4.69) is 0 Å². The van der Waals surface area contributed by atoms with Crippen LogP contribution in [-0.2, 0) is 9.59 Å². The topological polar surface area (TPSA) is 101 Å². The molecule has 0 aromatic carbocycles. The van der Waals surface area contributed by atoms with Crippen LogP contribution in [0.5, 0.6) is 0 Å². The Kier molecular flexibility index (Phi) is 3.34. The van der Waals surface area contributed by atoms with Gasteiger partial charge in [0.25, 0.3) is 0 Å². The summed E-state index contributed by atoms with van der Waals surface area (Å²) in [4.78, 5) is 21.7. The van der Waals surface area contributed by atoms with Crippen LogP contribution in [0.1, 0.15) is 32.6 Å². The summed E-state index contributed by atoms with van der Waals surface area (Å²) in [6.07, 6.45) is 2.32. The summed E-state index contributed by atoms with van der Waals surface area (Å²) < 4.78 is 0. The summed E-state index contributed by atoms with van der Waals surface area (Å²) in [5.74, 6) is -2.99. The van der Waals surface area contributed by atoms with Crippen molar-refractivity contribution in [3.63, 3.8) is 0 Å². The molecule has 0 aromatic heterocycles. The Morgan fingerprint density at radius 1 is 1.47 bits per heavy atom. The lowest BCUT2D eigenvalue weighted by Gasteiger charge is -2.24. The van der Waals surface area contributed by atoms with Gasteiger partial charge in [-0.05, 0) is 12.8 Å². The Balaban J connectivity index is 2.67. The van der Waals surface area contributed by atoms with Gasteiger partial charge in [-0.3, -0.25) is 9.59 Å². The van der Waals surface area contributed by atoms with Crippen molar-refractivity contribution in [2.75, 3.05) is 0 Å². The van der Waals surface area contributed by atoms with Crippen molar-refractivity contribution in [2.24, 2.45) is 17.6 Å². The molecule has 0 spiro atoms. The van der Waals surface area contributed by atoms with Crippen LogP contribution in [0, 0.1) is 11.8 Å². The molecule has 0 aliphatic heterocycles. The van der Waals surface area contributed by atoms with Crippen molar-refractivity contribution in [1.82, 2.24) is 0 Å². The number of nitrogens with two attached hydrogens (primary N) is 1. The van der Waals surface area contributed by atoms with E-state index < -0.39 is 29.3 Å². The van der Waals surface area contributed by atoms with Gasteiger partial charge in [-0.25, -0.2) is 0 Å². The fraction of sp³-hybridized carbons (Fsp3) is 0.800. The molecule has 86 valence electrons. The third-order valence-electron chi connectivity index (χ3n) is 3.11. The highest BCUT2D eigenvalue weighted by Crippen LogP contribution is 2.47. The number of carbonyl (C=O) groups is 2. The molecule has 1 aliphatic carbocycles. The van der Waals surface area contributed by atoms with Gasteiger partial charge >= 0.3 is 11.9 Å². The van der Waals surface area contributed by atoms with E-state index in [1.807, 2.05) is 6.92 Å². The van der Waals surface area contributed by atoms with Crippen molar-refractivity contribution in [2.45, 2.75) is 38.1 Å². The maximum atomic E-state index is 11.1. The maximum Gasteiger partial charge on any atom is 0.323 e. The number of hydrogen-bond donors (Lipinski definition) is 3. The molecule has 0 saturated heterocycles. The van der Waals surface area contributed by atoms with Crippen LogP contribution in [0.3, 0.4) is 0 Å². The third kappa shape index (κ3) is 2.28. The van der Waals surface area contributed by atoms with E-state index in [-0.39, 0.29) is 0 Å². The van der Waals surface area contributed by atoms with Crippen molar-refractivity contribution < 1.29 is 19.8 Å². The molecule has 3 atom stereocenters. The molecular formula is C10H17NO4. The Morgan fingerprint density at radius 2 is 2.07 bits per heavy atom. The van der Waals surface area contributed by atoms with Gasteiger partial charge in [0, 0.05) is 5.92 Å². The molecule has 4 N–H and O–H groups in total. The molecule has 1 rings (SSSR count). The molecule has 1 unspecified atom stereocenters. The second kappa shape index (κ2) is 4.18. The molecule has 0 heterocycles. The average Bonchev–Trinajstić information content (AvgIpc) is 2.93. The highest BCUT2D eigenvalue weighted by molar-refractivity contribution is 5.83. The minimum Gasteiger partial charge on any atom is -0.481 e. The number of carboxylic acid groups (broad SMARTS) is 2. The van der Waals surface area contributed by atoms with Crippen LogP contribution < -0.4 is 5.73 Å². The van der Waals surface area contributed by atoms with E-state index in [4.69, 9.17) is 15.9 Å². The van der Waals surface area contributed by atoms with Gasteiger partial charge in [0.15, 0.2) is 0 Å². The van der Waals surface area contributed by atoms with E-state index in [1.165, 1.54) is 0 Å². The first-order valence-electron chi connectivity index (χ1n) is 5.18. The number of carboxylic acids is 2. The minimum atomic E-state index is -1.35. The van der Waals surface area contributed by atoms with Gasteiger partial charge in [0.05, 0.1) is 5.92 Å². The quantitative estimate of drug-likeness (QED) is 0.604. The lowest BCUT2D eigenvalue weighted by atomic mass is 9.87. The molecule has 0 aromatic rings. The van der Waals surface area contributed by atoms with E-state index in [1.54, 1.807) is 0 Å². The van der Waals surface area contributed by atoms with Crippen LogP contribution in [0.4, 0.5) is 0 Å². The maximum absolute atomic E-state index is 11.1. The molecule has 0 bridgehead atoms. The molecule has 5 heteroatoms. The fourth-order valence-electron chi connectivity index (χ4n) is 1.96. The smallest absolute Gasteiger partial charge is 0.323 e. The van der Waals surface area contributed by atoms with Gasteiger partial charge < -0.3 is 15.9 Å². The van der Waals surface area contributed by atoms with E-state index in [9.17, 15) is 9.59 Å². The average molecular weight is 215 g/mol. The zero-order valence-corrected chi connectivity index (χ0v) is 8.77. The van der Waals surface area contributed by atoms with Crippen molar-refractivity contribution in [1.29, 1.82) is 0 Å². The summed E-state index contributed by atoms with van der Waals surface area (Å²) in [5, 5.41) is 17.8. The van der Waals surface area contributed by atoms with E-state index in [0.717, 1.165) is 6.42 Å². The second-order valence-electron chi connectivity index (χ2n) is 4.24. The molecule has 5 nitrogen and oxygen atoms in total. The predicted molar refractivity (Wildman–Crippen MR) is 53.3 cm³/mol. The monoisotopic (exact) mass is 215 g/mol. The second-order valence-corrected chi connectivity index (χ2v) is 4.24.